The molecule has 0 aromatic rings. The van der Waals surface area contributed by atoms with Crippen LogP contribution in [0.15, 0.2) is 0 Å². The van der Waals surface area contributed by atoms with E-state index in [1.807, 2.05) is 0 Å². The van der Waals surface area contributed by atoms with Gasteiger partial charge in [-0.3, -0.25) is 4.90 Å². The maximum Gasteiger partial charge on any atom is 0.0695 e. The van der Waals surface area contributed by atoms with E-state index in [1.54, 1.807) is 0 Å². The van der Waals surface area contributed by atoms with Crippen molar-refractivity contribution in [1.82, 2.24) is 4.90 Å². The second-order valence-electron chi connectivity index (χ2n) is 3.81. The fraction of sp³-hybridized carbons (Fsp3) is 1.00. The van der Waals surface area contributed by atoms with Crippen LogP contribution in [-0.2, 0) is 0 Å². The Morgan fingerprint density at radius 1 is 1.00 bits per heavy atom. The van der Waals surface area contributed by atoms with Gasteiger partial charge in [-0.15, -0.1) is 0 Å². The fourth-order valence-corrected chi connectivity index (χ4v) is 2.43. The summed E-state index contributed by atoms with van der Waals surface area (Å²) in [4.78, 5) is 2.47. The lowest BCUT2D eigenvalue weighted by Gasteiger charge is -2.24. The first-order chi connectivity index (χ1) is 5.38. The maximum atomic E-state index is 9.72. The minimum atomic E-state index is -0.0278. The van der Waals surface area contributed by atoms with Crippen LogP contribution in [0, 0.1) is 0 Å². The van der Waals surface area contributed by atoms with Gasteiger partial charge in [0.1, 0.15) is 0 Å². The van der Waals surface area contributed by atoms with Crippen molar-refractivity contribution in [3.8, 4) is 0 Å². The number of fused-ring (bicyclic) bond motifs is 1. The summed E-state index contributed by atoms with van der Waals surface area (Å²) in [5, 5.41) is 9.72. The average molecular weight is 155 g/mol. The lowest BCUT2D eigenvalue weighted by Crippen LogP contribution is -2.37. The molecular formula is C9H17NO. The molecule has 2 saturated heterocycles. The SMILES string of the molecule is OC1CCCCN2CCCC12. The van der Waals surface area contributed by atoms with Gasteiger partial charge in [-0.25, -0.2) is 0 Å². The van der Waals surface area contributed by atoms with Gasteiger partial charge in [0.25, 0.3) is 0 Å². The molecule has 0 aromatic carbocycles. The van der Waals surface area contributed by atoms with Gasteiger partial charge in [0.05, 0.1) is 6.10 Å². The van der Waals surface area contributed by atoms with E-state index in [4.69, 9.17) is 0 Å². The summed E-state index contributed by atoms with van der Waals surface area (Å²) in [5.74, 6) is 0. The summed E-state index contributed by atoms with van der Waals surface area (Å²) in [6.07, 6.45) is 6.02. The predicted octanol–water partition coefficient (Wildman–Crippen LogP) is 0.996. The molecule has 2 unspecified atom stereocenters. The van der Waals surface area contributed by atoms with Gasteiger partial charge >= 0.3 is 0 Å². The number of nitrogens with zero attached hydrogens (tertiary/aromatic N) is 1. The molecule has 1 N–H and O–H groups in total. The summed E-state index contributed by atoms with van der Waals surface area (Å²) < 4.78 is 0. The number of hydrogen-bond donors (Lipinski definition) is 1. The van der Waals surface area contributed by atoms with Crippen molar-refractivity contribution in [1.29, 1.82) is 0 Å². The molecule has 64 valence electrons. The van der Waals surface area contributed by atoms with Crippen molar-refractivity contribution in [3.63, 3.8) is 0 Å². The highest BCUT2D eigenvalue weighted by Crippen LogP contribution is 2.25. The van der Waals surface area contributed by atoms with E-state index >= 15 is 0 Å². The fourth-order valence-electron chi connectivity index (χ4n) is 2.43. The molecule has 0 amide bonds. The molecular weight excluding hydrogens is 138 g/mol. The zero-order chi connectivity index (χ0) is 7.68. The molecule has 2 nitrogen and oxygen atoms in total. The van der Waals surface area contributed by atoms with Gasteiger partial charge in [-0.1, -0.05) is 0 Å². The second-order valence-corrected chi connectivity index (χ2v) is 3.81. The van der Waals surface area contributed by atoms with Crippen molar-refractivity contribution < 1.29 is 5.11 Å². The van der Waals surface area contributed by atoms with Crippen molar-refractivity contribution >= 4 is 0 Å². The summed E-state index contributed by atoms with van der Waals surface area (Å²) in [6, 6.07) is 0.512. The van der Waals surface area contributed by atoms with Crippen molar-refractivity contribution in [2.75, 3.05) is 13.1 Å². The highest BCUT2D eigenvalue weighted by atomic mass is 16.3. The Hall–Kier alpha value is -0.0800. The van der Waals surface area contributed by atoms with Crippen molar-refractivity contribution in [2.24, 2.45) is 0 Å². The van der Waals surface area contributed by atoms with Gasteiger partial charge in [0.15, 0.2) is 0 Å². The average Bonchev–Trinajstić information content (AvgIpc) is 2.40. The molecule has 0 spiro atoms. The van der Waals surface area contributed by atoms with Crippen molar-refractivity contribution in [3.05, 3.63) is 0 Å². The third-order valence-corrected chi connectivity index (χ3v) is 3.05. The van der Waals surface area contributed by atoms with Crippen LogP contribution in [0.3, 0.4) is 0 Å². The molecule has 2 heterocycles. The van der Waals surface area contributed by atoms with Crippen LogP contribution in [0.2, 0.25) is 0 Å². The van der Waals surface area contributed by atoms with Crippen LogP contribution in [0.4, 0.5) is 0 Å². The van der Waals surface area contributed by atoms with Crippen LogP contribution in [0.5, 0.6) is 0 Å². The highest BCUT2D eigenvalue weighted by molar-refractivity contribution is 4.86. The molecule has 2 atom stereocenters. The Bertz CT molecular complexity index is 138. The predicted molar refractivity (Wildman–Crippen MR) is 44.5 cm³/mol. The minimum absolute atomic E-state index is 0.0278. The van der Waals surface area contributed by atoms with Crippen LogP contribution in [0.25, 0.3) is 0 Å². The van der Waals surface area contributed by atoms with E-state index in [-0.39, 0.29) is 6.10 Å². The van der Waals surface area contributed by atoms with Gasteiger partial charge in [-0.2, -0.15) is 0 Å². The third-order valence-electron chi connectivity index (χ3n) is 3.05. The first kappa shape index (κ1) is 7.56. The molecule has 2 heteroatoms. The van der Waals surface area contributed by atoms with Crippen LogP contribution < -0.4 is 0 Å². The van der Waals surface area contributed by atoms with E-state index in [2.05, 4.69) is 4.90 Å². The normalized spacial score (nSPS) is 40.1. The number of rotatable bonds is 0. The zero-order valence-electron chi connectivity index (χ0n) is 7.00. The first-order valence-electron chi connectivity index (χ1n) is 4.80. The lowest BCUT2D eigenvalue weighted by molar-refractivity contribution is 0.0813. The summed E-state index contributed by atoms with van der Waals surface area (Å²) >= 11 is 0. The standard InChI is InChI=1S/C9H17NO/c11-9-5-1-2-6-10-7-3-4-8(9)10/h8-9,11H,1-7H2. The Labute approximate surface area is 68.2 Å². The molecule has 0 radical (unpaired) electrons. The van der Waals surface area contributed by atoms with E-state index in [0.717, 1.165) is 6.42 Å². The number of hydrogen-bond acceptors (Lipinski definition) is 2. The zero-order valence-corrected chi connectivity index (χ0v) is 7.00. The van der Waals surface area contributed by atoms with Gasteiger partial charge in [-0.05, 0) is 45.2 Å². The largest absolute Gasteiger partial charge is 0.391 e. The highest BCUT2D eigenvalue weighted by Gasteiger charge is 2.31. The summed E-state index contributed by atoms with van der Waals surface area (Å²) in [7, 11) is 0. The van der Waals surface area contributed by atoms with Crippen molar-refractivity contribution in [2.45, 2.75) is 44.2 Å². The maximum absolute atomic E-state index is 9.72. The third kappa shape index (κ3) is 1.42. The van der Waals surface area contributed by atoms with Gasteiger partial charge < -0.3 is 5.11 Å². The smallest absolute Gasteiger partial charge is 0.0695 e. The van der Waals surface area contributed by atoms with Crippen LogP contribution in [-0.4, -0.2) is 35.2 Å². The summed E-state index contributed by atoms with van der Waals surface area (Å²) in [5.41, 5.74) is 0. The lowest BCUT2D eigenvalue weighted by atomic mass is 10.1. The quantitative estimate of drug-likeness (QED) is 0.564. The molecule has 2 aliphatic heterocycles. The molecule has 2 aliphatic rings. The van der Waals surface area contributed by atoms with Crippen LogP contribution in [0.1, 0.15) is 32.1 Å². The second kappa shape index (κ2) is 3.11. The Balaban J connectivity index is 2.03. The number of aliphatic hydroxyl groups excluding tert-OH is 1. The van der Waals surface area contributed by atoms with E-state index in [1.165, 1.54) is 38.8 Å². The molecule has 0 bridgehead atoms. The molecule has 2 rings (SSSR count). The topological polar surface area (TPSA) is 23.5 Å². The van der Waals surface area contributed by atoms with Gasteiger partial charge in [0, 0.05) is 6.04 Å². The molecule has 11 heavy (non-hydrogen) atoms. The summed E-state index contributed by atoms with van der Waals surface area (Å²) in [6.45, 7) is 2.45. The van der Waals surface area contributed by atoms with E-state index in [0.29, 0.717) is 6.04 Å². The molecule has 0 aliphatic carbocycles. The monoisotopic (exact) mass is 155 g/mol. The van der Waals surface area contributed by atoms with Crippen LogP contribution >= 0.6 is 0 Å². The van der Waals surface area contributed by atoms with E-state index in [9.17, 15) is 5.11 Å². The molecule has 0 aromatic heterocycles. The van der Waals surface area contributed by atoms with Gasteiger partial charge in [0.2, 0.25) is 0 Å². The Morgan fingerprint density at radius 3 is 2.73 bits per heavy atom. The van der Waals surface area contributed by atoms with E-state index < -0.39 is 0 Å². The Morgan fingerprint density at radius 2 is 1.82 bits per heavy atom. The first-order valence-corrected chi connectivity index (χ1v) is 4.80. The molecule has 2 fully saturated rings. The Kier molecular flexibility index (Phi) is 2.14. The molecule has 0 saturated carbocycles. The number of aliphatic hydroxyl groups is 1. The minimum Gasteiger partial charge on any atom is -0.391 e.